The Morgan fingerprint density at radius 3 is 1.05 bits per heavy atom. The van der Waals surface area contributed by atoms with Crippen LogP contribution in [-0.4, -0.2) is 70.2 Å². The van der Waals surface area contributed by atoms with Gasteiger partial charge >= 0.3 is 11.9 Å². The number of likely N-dealkylation sites (tertiary alicyclic amines) is 2. The van der Waals surface area contributed by atoms with Crippen molar-refractivity contribution in [1.82, 2.24) is 9.80 Å². The molecule has 2 aliphatic rings. The highest BCUT2D eigenvalue weighted by Gasteiger charge is 2.45. The summed E-state index contributed by atoms with van der Waals surface area (Å²) in [5.41, 5.74) is 0.109. The fourth-order valence-electron chi connectivity index (χ4n) is 6.46. The lowest BCUT2D eigenvalue weighted by atomic mass is 9.78. The number of esters is 2. The van der Waals surface area contributed by atoms with Crippen LogP contribution in [0.4, 0.5) is 0 Å². The minimum Gasteiger partial charge on any atom is -0.462 e. The predicted molar refractivity (Wildman–Crippen MR) is 163 cm³/mol. The topological polar surface area (TPSA) is 59.1 Å². The molecule has 0 aliphatic carbocycles. The zero-order valence-corrected chi connectivity index (χ0v) is 27.9. The van der Waals surface area contributed by atoms with Gasteiger partial charge in [-0.05, 0) is 82.3 Å². The highest BCUT2D eigenvalue weighted by atomic mass is 16.5. The van der Waals surface area contributed by atoms with Gasteiger partial charge in [0.1, 0.15) is 12.2 Å². The minimum absolute atomic E-state index is 0.00474. The Balaban J connectivity index is 0.00000242. The molecule has 0 unspecified atom stereocenters. The van der Waals surface area contributed by atoms with Gasteiger partial charge in [-0.15, -0.1) is 0 Å². The van der Waals surface area contributed by atoms with Crippen molar-refractivity contribution < 1.29 is 19.1 Å². The minimum atomic E-state index is -0.0563. The van der Waals surface area contributed by atoms with E-state index in [1.54, 1.807) is 0 Å². The van der Waals surface area contributed by atoms with Gasteiger partial charge in [0.2, 0.25) is 0 Å². The van der Waals surface area contributed by atoms with E-state index in [0.717, 1.165) is 64.2 Å². The molecule has 39 heavy (non-hydrogen) atoms. The van der Waals surface area contributed by atoms with Crippen molar-refractivity contribution in [3.8, 4) is 0 Å². The monoisotopic (exact) mass is 552 g/mol. The molecule has 0 amide bonds. The molecule has 0 radical (unpaired) electrons. The normalized spacial score (nSPS) is 23.0. The number of hydrogen-bond donors (Lipinski definition) is 0. The van der Waals surface area contributed by atoms with E-state index in [1.165, 1.54) is 6.42 Å². The smallest absolute Gasteiger partial charge is 0.306 e. The van der Waals surface area contributed by atoms with Crippen molar-refractivity contribution in [3.05, 3.63) is 0 Å². The van der Waals surface area contributed by atoms with Crippen LogP contribution in [0, 0.1) is 0 Å². The molecule has 0 N–H and O–H groups in total. The lowest BCUT2D eigenvalue weighted by Gasteiger charge is -2.53. The van der Waals surface area contributed by atoms with Crippen LogP contribution in [0.15, 0.2) is 0 Å². The zero-order valence-electron chi connectivity index (χ0n) is 27.9. The quantitative estimate of drug-likeness (QED) is 0.192. The molecular formula is C33H64N2O4. The third-order valence-electron chi connectivity index (χ3n) is 9.15. The molecule has 0 bridgehead atoms. The first-order valence-corrected chi connectivity index (χ1v) is 15.7. The van der Waals surface area contributed by atoms with Crippen molar-refractivity contribution in [2.75, 3.05) is 14.1 Å². The number of hydrogen-bond acceptors (Lipinski definition) is 6. The maximum absolute atomic E-state index is 12.4. The number of piperidine rings is 2. The summed E-state index contributed by atoms with van der Waals surface area (Å²) in [6.45, 7) is 22.1. The summed E-state index contributed by atoms with van der Waals surface area (Å²) >= 11 is 0. The molecule has 0 saturated carbocycles. The molecule has 230 valence electrons. The lowest BCUT2D eigenvalue weighted by Crippen LogP contribution is -2.60. The second-order valence-corrected chi connectivity index (χ2v) is 14.7. The van der Waals surface area contributed by atoms with Crippen LogP contribution in [0.25, 0.3) is 0 Å². The van der Waals surface area contributed by atoms with Gasteiger partial charge in [-0.2, -0.15) is 0 Å². The number of unbranched alkanes of at least 4 members (excludes halogenated alkanes) is 5. The fourth-order valence-corrected chi connectivity index (χ4v) is 6.46. The molecule has 6 nitrogen and oxygen atoms in total. The predicted octanol–water partition coefficient (Wildman–Crippen LogP) is 7.91. The number of ether oxygens (including phenoxy) is 2. The Morgan fingerprint density at radius 2 is 0.795 bits per heavy atom. The van der Waals surface area contributed by atoms with E-state index in [4.69, 9.17) is 9.47 Å². The molecule has 0 aromatic heterocycles. The van der Waals surface area contributed by atoms with Gasteiger partial charge in [-0.3, -0.25) is 19.4 Å². The van der Waals surface area contributed by atoms with Crippen LogP contribution < -0.4 is 0 Å². The molecule has 6 heteroatoms. The molecular weight excluding hydrogens is 488 g/mol. The summed E-state index contributed by atoms with van der Waals surface area (Å²) in [6.07, 6.45) is 11.8. The number of rotatable bonds is 11. The van der Waals surface area contributed by atoms with E-state index < -0.39 is 0 Å². The maximum Gasteiger partial charge on any atom is 0.306 e. The molecule has 2 heterocycles. The van der Waals surface area contributed by atoms with E-state index >= 15 is 0 Å². The van der Waals surface area contributed by atoms with E-state index in [9.17, 15) is 9.59 Å². The molecule has 2 saturated heterocycles. The van der Waals surface area contributed by atoms with Crippen molar-refractivity contribution >= 4 is 11.9 Å². The van der Waals surface area contributed by atoms with Crippen molar-refractivity contribution in [1.29, 1.82) is 0 Å². The van der Waals surface area contributed by atoms with Crippen LogP contribution in [0.1, 0.15) is 153 Å². The number of nitrogens with zero attached hydrogens (tertiary/aromatic N) is 2. The Hall–Kier alpha value is -1.14. The second-order valence-electron chi connectivity index (χ2n) is 14.7. The van der Waals surface area contributed by atoms with Gasteiger partial charge in [0.05, 0.1) is 0 Å². The molecule has 0 atom stereocenters. The van der Waals surface area contributed by atoms with E-state index in [-0.39, 0.29) is 46.3 Å². The standard InChI is InChI=1S/C30H56N2O4.C3H8/c1-27(2)19-23(20-28(3,4)31(27)9)35-25(33)17-15-13-11-12-14-16-18-26(34)36-24-21-29(5,6)32(10)30(7,8)22-24;1-3-2/h23-24H,11-22H2,1-10H3;3H2,1-2H3. The van der Waals surface area contributed by atoms with Gasteiger partial charge in [0.25, 0.3) is 0 Å². The molecule has 2 aliphatic heterocycles. The Kier molecular flexibility index (Phi) is 14.0. The summed E-state index contributed by atoms with van der Waals surface area (Å²) in [6, 6.07) is 0. The van der Waals surface area contributed by atoms with E-state index in [1.807, 2.05) is 0 Å². The van der Waals surface area contributed by atoms with Gasteiger partial charge in [0, 0.05) is 60.7 Å². The lowest BCUT2D eigenvalue weighted by molar-refractivity contribution is -0.160. The van der Waals surface area contributed by atoms with Gasteiger partial charge in [-0.25, -0.2) is 0 Å². The summed E-state index contributed by atoms with van der Waals surface area (Å²) < 4.78 is 11.7. The molecule has 2 rings (SSSR count). The highest BCUT2D eigenvalue weighted by molar-refractivity contribution is 5.69. The van der Waals surface area contributed by atoms with Crippen LogP contribution in [0.3, 0.4) is 0 Å². The molecule has 0 spiro atoms. The highest BCUT2D eigenvalue weighted by Crippen LogP contribution is 2.39. The Morgan fingerprint density at radius 1 is 0.564 bits per heavy atom. The Bertz CT molecular complexity index is 661. The van der Waals surface area contributed by atoms with Gasteiger partial charge < -0.3 is 9.47 Å². The van der Waals surface area contributed by atoms with E-state index in [2.05, 4.69) is 93.1 Å². The third kappa shape index (κ3) is 11.7. The van der Waals surface area contributed by atoms with Crippen LogP contribution in [0.2, 0.25) is 0 Å². The molecule has 0 aromatic rings. The summed E-state index contributed by atoms with van der Waals surface area (Å²) in [4.78, 5) is 29.6. The first-order valence-electron chi connectivity index (χ1n) is 15.7. The second kappa shape index (κ2) is 15.2. The average Bonchev–Trinajstić information content (AvgIpc) is 2.77. The maximum atomic E-state index is 12.4. The number of carbonyl (C=O) groups excluding carboxylic acids is 2. The van der Waals surface area contributed by atoms with Crippen LogP contribution in [-0.2, 0) is 19.1 Å². The first kappa shape index (κ1) is 35.9. The summed E-state index contributed by atoms with van der Waals surface area (Å²) in [5.74, 6) is -0.113. The van der Waals surface area contributed by atoms with Crippen molar-refractivity contribution in [2.24, 2.45) is 0 Å². The average molecular weight is 553 g/mol. The molecule has 0 aromatic carbocycles. The van der Waals surface area contributed by atoms with Crippen LogP contribution in [0.5, 0.6) is 0 Å². The Labute approximate surface area is 241 Å². The van der Waals surface area contributed by atoms with Gasteiger partial charge in [0.15, 0.2) is 0 Å². The van der Waals surface area contributed by atoms with Crippen molar-refractivity contribution in [3.63, 3.8) is 0 Å². The van der Waals surface area contributed by atoms with Crippen LogP contribution >= 0.6 is 0 Å². The third-order valence-corrected chi connectivity index (χ3v) is 9.15. The van der Waals surface area contributed by atoms with Crippen molar-refractivity contribution in [2.45, 2.75) is 187 Å². The first-order chi connectivity index (χ1) is 17.9. The fraction of sp³-hybridized carbons (Fsp3) is 0.939. The largest absolute Gasteiger partial charge is 0.462 e. The zero-order chi connectivity index (χ0) is 30.1. The van der Waals surface area contributed by atoms with Gasteiger partial charge in [-0.1, -0.05) is 46.0 Å². The number of carbonyl (C=O) groups is 2. The van der Waals surface area contributed by atoms with E-state index in [0.29, 0.717) is 12.8 Å². The SMILES string of the molecule is CCC.CN1C(C)(C)CC(OC(=O)CCCCCCCCC(=O)OC2CC(C)(C)N(C)C(C)(C)C2)CC1(C)C. The summed E-state index contributed by atoms with van der Waals surface area (Å²) in [7, 11) is 4.33. The molecule has 2 fully saturated rings. The summed E-state index contributed by atoms with van der Waals surface area (Å²) in [5, 5.41) is 0.